The Kier molecular flexibility index (Phi) is 2.82. The van der Waals surface area contributed by atoms with Gasteiger partial charge in [-0.3, -0.25) is 9.78 Å². The van der Waals surface area contributed by atoms with Gasteiger partial charge in [-0.2, -0.15) is 0 Å². The van der Waals surface area contributed by atoms with E-state index in [0.717, 1.165) is 27.7 Å². The Morgan fingerprint density at radius 1 is 1.16 bits per heavy atom. The van der Waals surface area contributed by atoms with Crippen LogP contribution in [0.2, 0.25) is 0 Å². The normalized spacial score (nSPS) is 14.3. The number of aromatic nitrogens is 1. The summed E-state index contributed by atoms with van der Waals surface area (Å²) in [6, 6.07) is 7.94. The largest absolute Gasteiger partial charge is 0.331 e. The average Bonchev–Trinajstić information content (AvgIpc) is 2.90. The second kappa shape index (κ2) is 4.50. The third-order valence-electron chi connectivity index (χ3n) is 3.43. The van der Waals surface area contributed by atoms with Crippen molar-refractivity contribution in [3.05, 3.63) is 53.2 Å². The van der Waals surface area contributed by atoms with Gasteiger partial charge in [0.15, 0.2) is 0 Å². The Labute approximate surface area is 112 Å². The molecule has 0 fully saturated rings. The molecule has 3 rings (SSSR count). The molecule has 0 aliphatic carbocycles. The fraction of sp³-hybridized carbons (Fsp3) is 0.250. The van der Waals surface area contributed by atoms with Gasteiger partial charge in [-0.25, -0.2) is 0 Å². The fourth-order valence-corrected chi connectivity index (χ4v) is 2.46. The number of fused-ring (bicyclic) bond motifs is 1. The molecular formula is C16H16N2O. The van der Waals surface area contributed by atoms with E-state index in [1.165, 1.54) is 0 Å². The lowest BCUT2D eigenvalue weighted by Crippen LogP contribution is -2.28. The van der Waals surface area contributed by atoms with Crippen molar-refractivity contribution in [2.24, 2.45) is 0 Å². The first-order valence-electron chi connectivity index (χ1n) is 6.47. The smallest absolute Gasteiger partial charge is 0.255 e. The molecule has 1 aliphatic heterocycles. The predicted molar refractivity (Wildman–Crippen MR) is 76.3 cm³/mol. The van der Waals surface area contributed by atoms with Crippen molar-refractivity contribution in [2.75, 3.05) is 13.1 Å². The molecule has 0 saturated heterocycles. The Bertz CT molecular complexity index is 675. The zero-order chi connectivity index (χ0) is 13.4. The summed E-state index contributed by atoms with van der Waals surface area (Å²) in [5.74, 6) is 0.0874. The summed E-state index contributed by atoms with van der Waals surface area (Å²) in [4.78, 5) is 18.9. The molecule has 0 radical (unpaired) electrons. The van der Waals surface area contributed by atoms with Gasteiger partial charge in [-0.05, 0) is 31.5 Å². The molecule has 1 amide bonds. The average molecular weight is 252 g/mol. The molecule has 1 aromatic carbocycles. The summed E-state index contributed by atoms with van der Waals surface area (Å²) in [6.45, 7) is 5.37. The number of aryl methyl sites for hydroxylation is 2. The van der Waals surface area contributed by atoms with E-state index in [9.17, 15) is 4.79 Å². The van der Waals surface area contributed by atoms with Crippen LogP contribution < -0.4 is 0 Å². The number of pyridine rings is 1. The van der Waals surface area contributed by atoms with Crippen LogP contribution in [0.25, 0.3) is 10.9 Å². The number of nitrogens with zero attached hydrogens (tertiary/aromatic N) is 2. The second-order valence-corrected chi connectivity index (χ2v) is 5.01. The van der Waals surface area contributed by atoms with Crippen LogP contribution in [0.15, 0.2) is 36.4 Å². The molecule has 1 aliphatic rings. The van der Waals surface area contributed by atoms with E-state index in [-0.39, 0.29) is 5.91 Å². The molecule has 96 valence electrons. The molecule has 0 bridgehead atoms. The van der Waals surface area contributed by atoms with Crippen LogP contribution in [-0.2, 0) is 0 Å². The zero-order valence-corrected chi connectivity index (χ0v) is 11.2. The van der Waals surface area contributed by atoms with E-state index in [1.54, 1.807) is 0 Å². The van der Waals surface area contributed by atoms with Crippen molar-refractivity contribution in [1.29, 1.82) is 0 Å². The first kappa shape index (κ1) is 11.9. The van der Waals surface area contributed by atoms with Gasteiger partial charge in [-0.1, -0.05) is 24.3 Å². The van der Waals surface area contributed by atoms with E-state index in [1.807, 2.05) is 55.2 Å². The lowest BCUT2D eigenvalue weighted by atomic mass is 10.0. The predicted octanol–water partition coefficient (Wildman–Crippen LogP) is 2.86. The molecule has 0 N–H and O–H groups in total. The number of benzene rings is 1. The maximum absolute atomic E-state index is 12.6. The van der Waals surface area contributed by atoms with Gasteiger partial charge >= 0.3 is 0 Å². The fourth-order valence-electron chi connectivity index (χ4n) is 2.46. The molecule has 2 aromatic rings. The molecule has 0 atom stereocenters. The second-order valence-electron chi connectivity index (χ2n) is 5.01. The van der Waals surface area contributed by atoms with E-state index >= 15 is 0 Å². The molecule has 1 aromatic heterocycles. The molecule has 3 nitrogen and oxygen atoms in total. The minimum Gasteiger partial charge on any atom is -0.331 e. The Morgan fingerprint density at radius 3 is 2.63 bits per heavy atom. The summed E-state index contributed by atoms with van der Waals surface area (Å²) < 4.78 is 0. The van der Waals surface area contributed by atoms with Crippen LogP contribution in [0.5, 0.6) is 0 Å². The van der Waals surface area contributed by atoms with Gasteiger partial charge < -0.3 is 4.90 Å². The molecule has 0 saturated carbocycles. The molecule has 3 heteroatoms. The summed E-state index contributed by atoms with van der Waals surface area (Å²) in [7, 11) is 0. The third kappa shape index (κ3) is 2.12. The number of hydrogen-bond acceptors (Lipinski definition) is 2. The number of carbonyl (C=O) groups is 1. The quantitative estimate of drug-likeness (QED) is 0.731. The van der Waals surface area contributed by atoms with Gasteiger partial charge in [0.2, 0.25) is 0 Å². The van der Waals surface area contributed by atoms with Crippen molar-refractivity contribution in [3.63, 3.8) is 0 Å². The summed E-state index contributed by atoms with van der Waals surface area (Å²) in [5.41, 5.74) is 3.70. The molecule has 0 spiro atoms. The van der Waals surface area contributed by atoms with Crippen molar-refractivity contribution in [2.45, 2.75) is 13.8 Å². The summed E-state index contributed by atoms with van der Waals surface area (Å²) >= 11 is 0. The highest BCUT2D eigenvalue weighted by atomic mass is 16.2. The molecule has 0 unspecified atom stereocenters. The first-order chi connectivity index (χ1) is 9.15. The highest BCUT2D eigenvalue weighted by Gasteiger charge is 2.19. The summed E-state index contributed by atoms with van der Waals surface area (Å²) in [6.07, 6.45) is 4.05. The van der Waals surface area contributed by atoms with Gasteiger partial charge in [0.25, 0.3) is 5.91 Å². The third-order valence-corrected chi connectivity index (χ3v) is 3.43. The molecule has 2 heterocycles. The van der Waals surface area contributed by atoms with E-state index in [0.29, 0.717) is 13.1 Å². The van der Waals surface area contributed by atoms with E-state index in [2.05, 4.69) is 4.98 Å². The van der Waals surface area contributed by atoms with E-state index in [4.69, 9.17) is 0 Å². The van der Waals surface area contributed by atoms with Gasteiger partial charge in [-0.15, -0.1) is 0 Å². The van der Waals surface area contributed by atoms with Crippen molar-refractivity contribution < 1.29 is 4.79 Å². The van der Waals surface area contributed by atoms with Crippen molar-refractivity contribution in [3.8, 4) is 0 Å². The van der Waals surface area contributed by atoms with Gasteiger partial charge in [0, 0.05) is 24.2 Å². The number of amides is 1. The van der Waals surface area contributed by atoms with Crippen LogP contribution in [0.3, 0.4) is 0 Å². The maximum Gasteiger partial charge on any atom is 0.255 e. The number of carbonyl (C=O) groups excluding carboxylic acids is 1. The zero-order valence-electron chi connectivity index (χ0n) is 11.2. The first-order valence-corrected chi connectivity index (χ1v) is 6.47. The van der Waals surface area contributed by atoms with Crippen LogP contribution in [0.1, 0.15) is 21.6 Å². The number of rotatable bonds is 1. The van der Waals surface area contributed by atoms with E-state index < -0.39 is 0 Å². The Balaban J connectivity index is 2.14. The number of hydrogen-bond donors (Lipinski definition) is 0. The summed E-state index contributed by atoms with van der Waals surface area (Å²) in [5, 5.41) is 0.938. The Hall–Kier alpha value is -2.16. The van der Waals surface area contributed by atoms with Gasteiger partial charge in [0.05, 0.1) is 11.1 Å². The van der Waals surface area contributed by atoms with Crippen LogP contribution in [-0.4, -0.2) is 28.9 Å². The topological polar surface area (TPSA) is 33.2 Å². The van der Waals surface area contributed by atoms with Gasteiger partial charge in [0.1, 0.15) is 0 Å². The van der Waals surface area contributed by atoms with Crippen LogP contribution >= 0.6 is 0 Å². The molecular weight excluding hydrogens is 236 g/mol. The highest BCUT2D eigenvalue weighted by molar-refractivity contribution is 6.06. The molecule has 19 heavy (non-hydrogen) atoms. The maximum atomic E-state index is 12.6. The lowest BCUT2D eigenvalue weighted by molar-refractivity contribution is 0.0802. The Morgan fingerprint density at radius 2 is 1.89 bits per heavy atom. The standard InChI is InChI=1S/C16H16N2O/c1-11-5-6-13-14(10-12(2)17-15(13)9-11)16(19)18-7-3-4-8-18/h3-6,9-10H,7-8H2,1-2H3. The van der Waals surface area contributed by atoms with Crippen molar-refractivity contribution in [1.82, 2.24) is 9.88 Å². The monoisotopic (exact) mass is 252 g/mol. The van der Waals surface area contributed by atoms with Crippen LogP contribution in [0, 0.1) is 13.8 Å². The highest BCUT2D eigenvalue weighted by Crippen LogP contribution is 2.22. The SMILES string of the molecule is Cc1ccc2c(C(=O)N3CC=CC3)cc(C)nc2c1. The minimum atomic E-state index is 0.0874. The van der Waals surface area contributed by atoms with Crippen molar-refractivity contribution >= 4 is 16.8 Å². The minimum absolute atomic E-state index is 0.0874. The lowest BCUT2D eigenvalue weighted by Gasteiger charge is -2.17. The van der Waals surface area contributed by atoms with Crippen LogP contribution in [0.4, 0.5) is 0 Å².